The molecule has 5 nitrogen and oxygen atoms in total. The molecule has 2 aromatic carbocycles. The largest absolute Gasteiger partial charge is 0.493 e. The highest BCUT2D eigenvalue weighted by atomic mass is 16.5. The van der Waals surface area contributed by atoms with Gasteiger partial charge in [0.25, 0.3) is 0 Å². The number of ether oxygens (including phenoxy) is 2. The maximum Gasteiger partial charge on any atom is 0.244 e. The zero-order valence-electron chi connectivity index (χ0n) is 17.1. The van der Waals surface area contributed by atoms with Crippen molar-refractivity contribution in [2.45, 2.75) is 57.1 Å². The summed E-state index contributed by atoms with van der Waals surface area (Å²) in [6.45, 7) is 2.53. The van der Waals surface area contributed by atoms with Gasteiger partial charge in [-0.1, -0.05) is 36.4 Å². The monoisotopic (exact) mass is 392 g/mol. The van der Waals surface area contributed by atoms with Crippen molar-refractivity contribution in [2.75, 3.05) is 7.11 Å². The number of benzene rings is 2. The average Bonchev–Trinajstić information content (AvgIpc) is 3.24. The molecule has 1 saturated carbocycles. The zero-order valence-corrected chi connectivity index (χ0v) is 17.1. The Hall–Kier alpha value is -2.82. The molecule has 2 aliphatic rings. The van der Waals surface area contributed by atoms with E-state index in [0.717, 1.165) is 29.7 Å². The van der Waals surface area contributed by atoms with Crippen molar-refractivity contribution < 1.29 is 14.3 Å². The predicted octanol–water partition coefficient (Wildman–Crippen LogP) is 4.69. The van der Waals surface area contributed by atoms with Crippen LogP contribution in [0.2, 0.25) is 0 Å². The molecule has 0 spiro atoms. The highest BCUT2D eigenvalue weighted by Crippen LogP contribution is 2.37. The number of rotatable bonds is 6. The lowest BCUT2D eigenvalue weighted by atomic mass is 9.79. The molecule has 1 amide bonds. The van der Waals surface area contributed by atoms with Crippen molar-refractivity contribution >= 4 is 12.1 Å². The number of amides is 1. The van der Waals surface area contributed by atoms with Crippen molar-refractivity contribution in [3.05, 3.63) is 59.7 Å². The number of methoxy groups -OCH3 is 1. The minimum Gasteiger partial charge on any atom is -0.493 e. The summed E-state index contributed by atoms with van der Waals surface area (Å²) in [4.78, 5) is 12.8. The van der Waals surface area contributed by atoms with Gasteiger partial charge in [-0.3, -0.25) is 4.79 Å². The normalized spacial score (nSPS) is 22.1. The second-order valence-corrected chi connectivity index (χ2v) is 8.17. The van der Waals surface area contributed by atoms with Crippen molar-refractivity contribution in [3.8, 4) is 11.5 Å². The first-order valence-electron chi connectivity index (χ1n) is 10.3. The minimum atomic E-state index is -0.469. The Kier molecular flexibility index (Phi) is 5.56. The fraction of sp³-hybridized carbons (Fsp3) is 0.417. The summed E-state index contributed by atoms with van der Waals surface area (Å²) < 4.78 is 11.7. The number of carbonyl (C=O) groups excluding carboxylic acids is 1. The van der Waals surface area contributed by atoms with Crippen LogP contribution in [0.4, 0.5) is 0 Å². The zero-order chi connectivity index (χ0) is 20.3. The van der Waals surface area contributed by atoms with Gasteiger partial charge in [-0.15, -0.1) is 0 Å². The van der Waals surface area contributed by atoms with Gasteiger partial charge in [0, 0.05) is 18.1 Å². The minimum absolute atomic E-state index is 0.0177. The third-order valence-corrected chi connectivity index (χ3v) is 5.88. The van der Waals surface area contributed by atoms with E-state index in [9.17, 15) is 4.79 Å². The molecule has 1 aliphatic carbocycles. The van der Waals surface area contributed by atoms with Crippen LogP contribution in [0.25, 0.3) is 0 Å². The van der Waals surface area contributed by atoms with Gasteiger partial charge in [0.1, 0.15) is 0 Å². The topological polar surface area (TPSA) is 51.1 Å². The second kappa shape index (κ2) is 8.27. The Bertz CT molecular complexity index is 890. The molecule has 1 atom stereocenters. The molecule has 1 fully saturated rings. The van der Waals surface area contributed by atoms with Gasteiger partial charge in [-0.2, -0.15) is 5.10 Å². The van der Waals surface area contributed by atoms with Crippen LogP contribution in [-0.2, 0) is 16.8 Å². The molecule has 152 valence electrons. The Morgan fingerprint density at radius 3 is 2.55 bits per heavy atom. The average molecular weight is 392 g/mol. The molecule has 0 bridgehead atoms. The fourth-order valence-electron chi connectivity index (χ4n) is 4.08. The van der Waals surface area contributed by atoms with Crippen molar-refractivity contribution in [1.82, 2.24) is 5.01 Å². The van der Waals surface area contributed by atoms with Crippen LogP contribution in [-0.4, -0.2) is 30.3 Å². The standard InChI is InChI=1S/C24H28N2O3/c1-24(15-23(27)26(25-17-24)16-18-8-4-3-5-9-18)19-12-13-21(22(14-19)28-2)29-20-10-6-7-11-20/h3-5,8-9,12-14,17,20H,6-7,10-11,15-16H2,1-2H3. The van der Waals surface area contributed by atoms with Crippen LogP contribution in [0.3, 0.4) is 0 Å². The van der Waals surface area contributed by atoms with Gasteiger partial charge in [0.2, 0.25) is 5.91 Å². The summed E-state index contributed by atoms with van der Waals surface area (Å²) in [5, 5.41) is 6.03. The molecule has 0 saturated heterocycles. The lowest BCUT2D eigenvalue weighted by Gasteiger charge is -2.33. The molecule has 0 radical (unpaired) electrons. The molecule has 5 heteroatoms. The van der Waals surface area contributed by atoms with E-state index < -0.39 is 5.41 Å². The highest BCUT2D eigenvalue weighted by Gasteiger charge is 2.35. The molecular formula is C24H28N2O3. The highest BCUT2D eigenvalue weighted by molar-refractivity contribution is 5.89. The van der Waals surface area contributed by atoms with Gasteiger partial charge in [-0.25, -0.2) is 5.01 Å². The number of hydrazone groups is 1. The van der Waals surface area contributed by atoms with Crippen molar-refractivity contribution in [2.24, 2.45) is 5.10 Å². The molecule has 29 heavy (non-hydrogen) atoms. The predicted molar refractivity (Wildman–Crippen MR) is 113 cm³/mol. The molecule has 0 N–H and O–H groups in total. The van der Waals surface area contributed by atoms with Gasteiger partial charge >= 0.3 is 0 Å². The van der Waals surface area contributed by atoms with Gasteiger partial charge in [0.05, 0.1) is 19.8 Å². The van der Waals surface area contributed by atoms with E-state index in [1.165, 1.54) is 12.8 Å². The lowest BCUT2D eigenvalue weighted by Crippen LogP contribution is -2.40. The second-order valence-electron chi connectivity index (χ2n) is 8.17. The van der Waals surface area contributed by atoms with Crippen molar-refractivity contribution in [1.29, 1.82) is 0 Å². The SMILES string of the molecule is COc1cc(C2(C)C=NN(Cc3ccccc3)C(=O)C2)ccc1OC1CCCC1. The van der Waals surface area contributed by atoms with Crippen LogP contribution >= 0.6 is 0 Å². The van der Waals surface area contributed by atoms with Crippen molar-refractivity contribution in [3.63, 3.8) is 0 Å². The maximum atomic E-state index is 12.8. The number of hydrogen-bond donors (Lipinski definition) is 0. The van der Waals surface area contributed by atoms with E-state index in [2.05, 4.69) is 5.10 Å². The number of carbonyl (C=O) groups is 1. The quantitative estimate of drug-likeness (QED) is 0.716. The van der Waals surface area contributed by atoms with Crippen LogP contribution in [0.15, 0.2) is 53.6 Å². The summed E-state index contributed by atoms with van der Waals surface area (Å²) in [5.41, 5.74) is 1.60. The number of hydrogen-bond acceptors (Lipinski definition) is 4. The Labute approximate surface area is 172 Å². The molecule has 2 aromatic rings. The van der Waals surface area contributed by atoms with E-state index in [1.54, 1.807) is 12.1 Å². The van der Waals surface area contributed by atoms with E-state index in [1.807, 2.05) is 61.7 Å². The van der Waals surface area contributed by atoms with Crippen LogP contribution in [0.1, 0.15) is 50.2 Å². The first kappa shape index (κ1) is 19.5. The molecule has 4 rings (SSSR count). The Balaban J connectivity index is 1.52. The van der Waals surface area contributed by atoms with E-state index in [4.69, 9.17) is 9.47 Å². The fourth-order valence-corrected chi connectivity index (χ4v) is 4.08. The maximum absolute atomic E-state index is 12.8. The summed E-state index contributed by atoms with van der Waals surface area (Å²) in [7, 11) is 1.66. The van der Waals surface area contributed by atoms with Crippen LogP contribution < -0.4 is 9.47 Å². The van der Waals surface area contributed by atoms with Gasteiger partial charge in [0.15, 0.2) is 11.5 Å². The Morgan fingerprint density at radius 1 is 1.10 bits per heavy atom. The van der Waals surface area contributed by atoms with E-state index in [0.29, 0.717) is 18.7 Å². The molecule has 0 aromatic heterocycles. The third-order valence-electron chi connectivity index (χ3n) is 5.88. The molecular weight excluding hydrogens is 364 g/mol. The summed E-state index contributed by atoms with van der Waals surface area (Å²) >= 11 is 0. The van der Waals surface area contributed by atoms with E-state index >= 15 is 0 Å². The summed E-state index contributed by atoms with van der Waals surface area (Å²) in [6, 6.07) is 15.9. The van der Waals surface area contributed by atoms with Gasteiger partial charge in [-0.05, 0) is 55.9 Å². The first-order valence-corrected chi connectivity index (χ1v) is 10.3. The first-order chi connectivity index (χ1) is 14.1. The number of nitrogens with zero attached hydrogens (tertiary/aromatic N) is 2. The van der Waals surface area contributed by atoms with E-state index in [-0.39, 0.29) is 12.0 Å². The molecule has 1 aliphatic heterocycles. The van der Waals surface area contributed by atoms with Crippen LogP contribution in [0.5, 0.6) is 11.5 Å². The Morgan fingerprint density at radius 2 is 1.86 bits per heavy atom. The summed E-state index contributed by atoms with van der Waals surface area (Å²) in [6.07, 6.45) is 7.17. The van der Waals surface area contributed by atoms with Gasteiger partial charge < -0.3 is 9.47 Å². The van der Waals surface area contributed by atoms with Crippen LogP contribution in [0, 0.1) is 0 Å². The third kappa shape index (κ3) is 4.29. The molecule has 1 unspecified atom stereocenters. The summed E-state index contributed by atoms with van der Waals surface area (Å²) in [5.74, 6) is 1.50. The molecule has 1 heterocycles. The lowest BCUT2D eigenvalue weighted by molar-refractivity contribution is -0.133. The smallest absolute Gasteiger partial charge is 0.244 e.